The maximum absolute atomic E-state index is 12.3. The minimum Gasteiger partial charge on any atom is -0.464 e. The predicted molar refractivity (Wildman–Crippen MR) is 72.0 cm³/mol. The van der Waals surface area contributed by atoms with E-state index in [0.29, 0.717) is 23.6 Å². The van der Waals surface area contributed by atoms with Gasteiger partial charge in [-0.3, -0.25) is 4.79 Å². The highest BCUT2D eigenvalue weighted by molar-refractivity contribution is 5.97. The molecule has 4 rings (SSSR count). The van der Waals surface area contributed by atoms with Crippen molar-refractivity contribution in [1.29, 1.82) is 0 Å². The molecule has 1 aliphatic heterocycles. The molecule has 19 heavy (non-hydrogen) atoms. The summed E-state index contributed by atoms with van der Waals surface area (Å²) in [7, 11) is 0. The summed E-state index contributed by atoms with van der Waals surface area (Å²) < 4.78 is 5.29. The zero-order valence-electron chi connectivity index (χ0n) is 10.6. The number of hydrogen-bond acceptors (Lipinski definition) is 3. The third-order valence-corrected chi connectivity index (χ3v) is 4.39. The van der Waals surface area contributed by atoms with E-state index >= 15 is 0 Å². The summed E-state index contributed by atoms with van der Waals surface area (Å²) in [5, 5.41) is 7.60. The topological polar surface area (TPSA) is 54.3 Å². The predicted octanol–water partition coefficient (Wildman–Crippen LogP) is 1.91. The molecule has 1 saturated heterocycles. The second kappa shape index (κ2) is 4.10. The minimum absolute atomic E-state index is 0.0284. The van der Waals surface area contributed by atoms with Crippen LogP contribution in [-0.2, 0) is 0 Å². The van der Waals surface area contributed by atoms with E-state index in [-0.39, 0.29) is 5.91 Å². The summed E-state index contributed by atoms with van der Waals surface area (Å²) in [6.45, 7) is 1.04. The maximum atomic E-state index is 12.3. The van der Waals surface area contributed by atoms with Crippen LogP contribution >= 0.6 is 0 Å². The maximum Gasteiger partial charge on any atom is 0.251 e. The molecule has 2 aromatic rings. The first-order chi connectivity index (χ1) is 9.29. The summed E-state index contributed by atoms with van der Waals surface area (Å²) in [6.07, 6.45) is 3.91. The normalized spacial score (nSPS) is 28.9. The highest BCUT2D eigenvalue weighted by Gasteiger charge is 2.40. The van der Waals surface area contributed by atoms with Crippen LogP contribution in [0.5, 0.6) is 0 Å². The van der Waals surface area contributed by atoms with Gasteiger partial charge in [0.2, 0.25) is 0 Å². The fourth-order valence-electron chi connectivity index (χ4n) is 3.37. The molecule has 1 saturated carbocycles. The molecule has 2 fully saturated rings. The van der Waals surface area contributed by atoms with Crippen molar-refractivity contribution in [2.45, 2.75) is 24.9 Å². The SMILES string of the molecule is O=C(N[C@@H]1C[C@H]2C[C@H]1CN2)c1ccc2occc2c1. The third kappa shape index (κ3) is 1.83. The lowest BCUT2D eigenvalue weighted by Crippen LogP contribution is -2.44. The average Bonchev–Trinajstić information content (AvgIpc) is 3.13. The lowest BCUT2D eigenvalue weighted by atomic mass is 10.0. The highest BCUT2D eigenvalue weighted by Crippen LogP contribution is 2.31. The number of furan rings is 1. The van der Waals surface area contributed by atoms with E-state index in [1.807, 2.05) is 24.3 Å². The summed E-state index contributed by atoms with van der Waals surface area (Å²) in [5.74, 6) is 0.632. The van der Waals surface area contributed by atoms with E-state index in [0.717, 1.165) is 23.9 Å². The number of nitrogens with one attached hydrogen (secondary N) is 2. The highest BCUT2D eigenvalue weighted by atomic mass is 16.3. The van der Waals surface area contributed by atoms with Crippen molar-refractivity contribution < 1.29 is 9.21 Å². The second-order valence-electron chi connectivity index (χ2n) is 5.59. The van der Waals surface area contributed by atoms with Gasteiger partial charge in [0.25, 0.3) is 5.91 Å². The van der Waals surface area contributed by atoms with Crippen LogP contribution in [0.1, 0.15) is 23.2 Å². The van der Waals surface area contributed by atoms with Gasteiger partial charge in [0.1, 0.15) is 5.58 Å². The van der Waals surface area contributed by atoms with Gasteiger partial charge in [-0.1, -0.05) is 0 Å². The number of rotatable bonds is 2. The Morgan fingerprint density at radius 3 is 3.05 bits per heavy atom. The van der Waals surface area contributed by atoms with E-state index < -0.39 is 0 Å². The van der Waals surface area contributed by atoms with Gasteiger partial charge < -0.3 is 15.1 Å². The van der Waals surface area contributed by atoms with Crippen molar-refractivity contribution in [3.63, 3.8) is 0 Å². The van der Waals surface area contributed by atoms with Crippen molar-refractivity contribution in [2.75, 3.05) is 6.54 Å². The molecule has 0 spiro atoms. The largest absolute Gasteiger partial charge is 0.464 e. The average molecular weight is 256 g/mol. The first-order valence-electron chi connectivity index (χ1n) is 6.81. The fourth-order valence-corrected chi connectivity index (χ4v) is 3.37. The number of carbonyl (C=O) groups is 1. The molecular formula is C15H16N2O2. The van der Waals surface area contributed by atoms with Crippen molar-refractivity contribution in [2.24, 2.45) is 5.92 Å². The van der Waals surface area contributed by atoms with E-state index in [9.17, 15) is 4.79 Å². The summed E-state index contributed by atoms with van der Waals surface area (Å²) >= 11 is 0. The fraction of sp³-hybridized carbons (Fsp3) is 0.400. The molecule has 0 radical (unpaired) electrons. The molecule has 2 heterocycles. The van der Waals surface area contributed by atoms with Crippen molar-refractivity contribution >= 4 is 16.9 Å². The third-order valence-electron chi connectivity index (χ3n) is 4.39. The van der Waals surface area contributed by atoms with Crippen LogP contribution in [0.3, 0.4) is 0 Å². The molecule has 1 aromatic carbocycles. The van der Waals surface area contributed by atoms with E-state index in [2.05, 4.69) is 10.6 Å². The number of carbonyl (C=O) groups excluding carboxylic acids is 1. The van der Waals surface area contributed by atoms with Crippen LogP contribution in [0, 0.1) is 5.92 Å². The van der Waals surface area contributed by atoms with E-state index in [1.54, 1.807) is 6.26 Å². The van der Waals surface area contributed by atoms with Crippen molar-refractivity contribution in [3.8, 4) is 0 Å². The van der Waals surface area contributed by atoms with Gasteiger partial charge in [-0.2, -0.15) is 0 Å². The number of amides is 1. The minimum atomic E-state index is 0.0284. The van der Waals surface area contributed by atoms with Gasteiger partial charge in [-0.25, -0.2) is 0 Å². The number of hydrogen-bond donors (Lipinski definition) is 2. The first-order valence-corrected chi connectivity index (χ1v) is 6.81. The zero-order chi connectivity index (χ0) is 12.8. The number of fused-ring (bicyclic) bond motifs is 3. The van der Waals surface area contributed by atoms with Gasteiger partial charge in [-0.15, -0.1) is 0 Å². The first kappa shape index (κ1) is 11.1. The van der Waals surface area contributed by atoms with E-state index in [4.69, 9.17) is 4.42 Å². The lowest BCUT2D eigenvalue weighted by Gasteiger charge is -2.23. The molecular weight excluding hydrogens is 240 g/mol. The molecule has 4 heteroatoms. The Hall–Kier alpha value is -1.81. The Balaban J connectivity index is 1.53. The van der Waals surface area contributed by atoms with Crippen LogP contribution in [0.15, 0.2) is 34.9 Å². The van der Waals surface area contributed by atoms with E-state index in [1.165, 1.54) is 6.42 Å². The van der Waals surface area contributed by atoms with Crippen LogP contribution in [0.25, 0.3) is 11.0 Å². The molecule has 2 N–H and O–H groups in total. The van der Waals surface area contributed by atoms with Gasteiger partial charge in [0.05, 0.1) is 6.26 Å². The Bertz CT molecular complexity index is 634. The van der Waals surface area contributed by atoms with Crippen LogP contribution in [-0.4, -0.2) is 24.5 Å². The standard InChI is InChI=1S/C15H16N2O2/c18-15(17-13-7-12-6-11(13)8-16-12)10-1-2-14-9(5-10)3-4-19-14/h1-5,11-13,16H,6-8H2,(H,17,18)/t11-,12+,13+/m0/s1. The molecule has 1 aromatic heterocycles. The zero-order valence-corrected chi connectivity index (χ0v) is 10.6. The van der Waals surface area contributed by atoms with Crippen LogP contribution in [0.2, 0.25) is 0 Å². The Morgan fingerprint density at radius 2 is 2.26 bits per heavy atom. The van der Waals surface area contributed by atoms with Crippen molar-refractivity contribution in [1.82, 2.24) is 10.6 Å². The van der Waals surface area contributed by atoms with Crippen molar-refractivity contribution in [3.05, 3.63) is 36.1 Å². The summed E-state index contributed by atoms with van der Waals surface area (Å²) in [4.78, 5) is 12.3. The quantitative estimate of drug-likeness (QED) is 0.863. The monoisotopic (exact) mass is 256 g/mol. The Labute approximate surface area is 111 Å². The molecule has 4 nitrogen and oxygen atoms in total. The van der Waals surface area contributed by atoms with Gasteiger partial charge in [-0.05, 0) is 43.0 Å². The lowest BCUT2D eigenvalue weighted by molar-refractivity contribution is 0.0925. The molecule has 3 atom stereocenters. The second-order valence-corrected chi connectivity index (χ2v) is 5.59. The molecule has 2 bridgehead atoms. The Kier molecular flexibility index (Phi) is 2.38. The molecule has 1 aliphatic carbocycles. The molecule has 2 aliphatic rings. The Morgan fingerprint density at radius 1 is 1.32 bits per heavy atom. The molecule has 0 unspecified atom stereocenters. The summed E-state index contributed by atoms with van der Waals surface area (Å²) in [6, 6.07) is 8.39. The van der Waals surface area contributed by atoms with Crippen LogP contribution < -0.4 is 10.6 Å². The van der Waals surface area contributed by atoms with Gasteiger partial charge >= 0.3 is 0 Å². The van der Waals surface area contributed by atoms with Gasteiger partial charge in [0, 0.05) is 29.6 Å². The molecule has 98 valence electrons. The van der Waals surface area contributed by atoms with Gasteiger partial charge in [0.15, 0.2) is 0 Å². The number of piperidine rings is 1. The smallest absolute Gasteiger partial charge is 0.251 e. The summed E-state index contributed by atoms with van der Waals surface area (Å²) in [5.41, 5.74) is 1.53. The number of benzene rings is 1. The molecule has 1 amide bonds. The van der Waals surface area contributed by atoms with Crippen LogP contribution in [0.4, 0.5) is 0 Å².